The summed E-state index contributed by atoms with van der Waals surface area (Å²) in [5.41, 5.74) is 1.24. The van der Waals surface area contributed by atoms with Gasteiger partial charge in [-0.2, -0.15) is 0 Å². The molecule has 1 amide bonds. The van der Waals surface area contributed by atoms with Crippen LogP contribution >= 0.6 is 0 Å². The van der Waals surface area contributed by atoms with E-state index < -0.39 is 11.7 Å². The number of benzene rings is 1. The average Bonchev–Trinajstić information content (AvgIpc) is 2.42. The summed E-state index contributed by atoms with van der Waals surface area (Å²) in [6.07, 6.45) is 1.44. The van der Waals surface area contributed by atoms with Gasteiger partial charge in [0.25, 0.3) is 5.91 Å². The topological polar surface area (TPSA) is 51.2 Å². The largest absolute Gasteiger partial charge is 0.378 e. The molecule has 0 aliphatic carbocycles. The predicted octanol–water partition coefficient (Wildman–Crippen LogP) is 2.62. The van der Waals surface area contributed by atoms with Crippen LogP contribution in [0.2, 0.25) is 0 Å². The highest BCUT2D eigenvalue weighted by atomic mass is 19.1. The number of rotatable bonds is 4. The van der Waals surface area contributed by atoms with Gasteiger partial charge in [0, 0.05) is 13.3 Å². The van der Waals surface area contributed by atoms with Gasteiger partial charge in [0.15, 0.2) is 0 Å². The summed E-state index contributed by atoms with van der Waals surface area (Å²) < 4.78 is 18.3. The molecule has 98 valence electrons. The van der Waals surface area contributed by atoms with Crippen molar-refractivity contribution in [3.8, 4) is 0 Å². The summed E-state index contributed by atoms with van der Waals surface area (Å²) in [6.45, 7) is 0.384. The Bertz CT molecular complexity index is 570. The van der Waals surface area contributed by atoms with Crippen LogP contribution in [0.4, 0.5) is 10.1 Å². The number of methoxy groups -OCH3 is 1. The molecule has 4 nitrogen and oxygen atoms in total. The zero-order valence-electron chi connectivity index (χ0n) is 10.4. The number of carbonyl (C=O) groups excluding carboxylic acids is 1. The molecule has 5 heteroatoms. The molecule has 2 aromatic rings. The fourth-order valence-corrected chi connectivity index (χ4v) is 1.55. The normalized spacial score (nSPS) is 10.2. The Morgan fingerprint density at radius 3 is 2.74 bits per heavy atom. The van der Waals surface area contributed by atoms with E-state index in [1.165, 1.54) is 18.3 Å². The number of aromatic nitrogens is 1. The quantitative estimate of drug-likeness (QED) is 0.919. The predicted molar refractivity (Wildman–Crippen MR) is 69.3 cm³/mol. The first-order valence-electron chi connectivity index (χ1n) is 5.70. The minimum absolute atomic E-state index is 0.147. The molecule has 0 spiro atoms. The number of ether oxygens (including phenoxy) is 1. The van der Waals surface area contributed by atoms with E-state index in [-0.39, 0.29) is 5.69 Å². The lowest BCUT2D eigenvalue weighted by Gasteiger charge is -2.06. The van der Waals surface area contributed by atoms with Crippen molar-refractivity contribution in [3.05, 3.63) is 59.7 Å². The molecule has 1 aromatic carbocycles. The van der Waals surface area contributed by atoms with Gasteiger partial charge in [0.1, 0.15) is 5.82 Å². The molecule has 0 atom stereocenters. The van der Waals surface area contributed by atoms with Crippen LogP contribution < -0.4 is 5.32 Å². The van der Waals surface area contributed by atoms with Gasteiger partial charge in [0.05, 0.1) is 23.6 Å². The maximum Gasteiger partial charge on any atom is 0.257 e. The monoisotopic (exact) mass is 260 g/mol. The standard InChI is InChI=1S/C14H13FN2O2/c1-19-9-11-7-6-10(8-16-11)14(18)17-13-5-3-2-4-12(13)15/h2-8H,9H2,1H3,(H,17,18). The summed E-state index contributed by atoms with van der Waals surface area (Å²) in [6, 6.07) is 9.32. The van der Waals surface area contributed by atoms with E-state index >= 15 is 0 Å². The van der Waals surface area contributed by atoms with E-state index in [0.29, 0.717) is 12.2 Å². The minimum Gasteiger partial charge on any atom is -0.378 e. The lowest BCUT2D eigenvalue weighted by atomic mass is 10.2. The van der Waals surface area contributed by atoms with Crippen LogP contribution in [-0.2, 0) is 11.3 Å². The number of anilines is 1. The minimum atomic E-state index is -0.472. The molecule has 0 saturated carbocycles. The summed E-state index contributed by atoms with van der Waals surface area (Å²) in [5, 5.41) is 2.49. The lowest BCUT2D eigenvalue weighted by molar-refractivity contribution is 0.102. The number of pyridine rings is 1. The second kappa shape index (κ2) is 6.06. The maximum absolute atomic E-state index is 13.4. The first kappa shape index (κ1) is 13.2. The van der Waals surface area contributed by atoms with Gasteiger partial charge in [-0.3, -0.25) is 9.78 Å². The highest BCUT2D eigenvalue weighted by Crippen LogP contribution is 2.13. The smallest absolute Gasteiger partial charge is 0.257 e. The zero-order chi connectivity index (χ0) is 13.7. The number of halogens is 1. The van der Waals surface area contributed by atoms with Crippen molar-refractivity contribution >= 4 is 11.6 Å². The van der Waals surface area contributed by atoms with Gasteiger partial charge in [-0.05, 0) is 24.3 Å². The summed E-state index contributed by atoms with van der Waals surface area (Å²) in [4.78, 5) is 16.0. The SMILES string of the molecule is COCc1ccc(C(=O)Nc2ccccc2F)cn1. The first-order chi connectivity index (χ1) is 9.20. The van der Waals surface area contributed by atoms with E-state index in [4.69, 9.17) is 4.74 Å². The van der Waals surface area contributed by atoms with Crippen molar-refractivity contribution in [2.24, 2.45) is 0 Å². The van der Waals surface area contributed by atoms with Crippen LogP contribution in [0.15, 0.2) is 42.6 Å². The molecule has 1 aromatic heterocycles. The molecule has 19 heavy (non-hydrogen) atoms. The molecule has 0 radical (unpaired) electrons. The van der Waals surface area contributed by atoms with E-state index in [0.717, 1.165) is 5.69 Å². The molecule has 2 rings (SSSR count). The highest BCUT2D eigenvalue weighted by molar-refractivity contribution is 6.04. The number of hydrogen-bond acceptors (Lipinski definition) is 3. The van der Waals surface area contributed by atoms with Crippen LogP contribution in [0.1, 0.15) is 16.1 Å². The van der Waals surface area contributed by atoms with Gasteiger partial charge < -0.3 is 10.1 Å². The van der Waals surface area contributed by atoms with Crippen LogP contribution in [0.25, 0.3) is 0 Å². The molecule has 0 aliphatic heterocycles. The Morgan fingerprint density at radius 2 is 2.11 bits per heavy atom. The Kier molecular flexibility index (Phi) is 4.20. The molecule has 0 unspecified atom stereocenters. The van der Waals surface area contributed by atoms with Gasteiger partial charge in [0.2, 0.25) is 0 Å². The Balaban J connectivity index is 2.10. The number of nitrogens with one attached hydrogen (secondary N) is 1. The van der Waals surface area contributed by atoms with Crippen molar-refractivity contribution in [3.63, 3.8) is 0 Å². The van der Waals surface area contributed by atoms with Crippen LogP contribution in [-0.4, -0.2) is 18.0 Å². The molecular weight excluding hydrogens is 247 g/mol. The fraction of sp³-hybridized carbons (Fsp3) is 0.143. The van der Waals surface area contributed by atoms with Gasteiger partial charge in [-0.15, -0.1) is 0 Å². The Morgan fingerprint density at radius 1 is 1.32 bits per heavy atom. The van der Waals surface area contributed by atoms with Crippen molar-refractivity contribution in [2.45, 2.75) is 6.61 Å². The van der Waals surface area contributed by atoms with Gasteiger partial charge in [-0.1, -0.05) is 12.1 Å². The van der Waals surface area contributed by atoms with Crippen molar-refractivity contribution < 1.29 is 13.9 Å². The molecular formula is C14H13FN2O2. The zero-order valence-corrected chi connectivity index (χ0v) is 10.4. The third-order valence-electron chi connectivity index (χ3n) is 2.50. The number of para-hydroxylation sites is 1. The van der Waals surface area contributed by atoms with Crippen LogP contribution in [0.5, 0.6) is 0 Å². The second-order valence-electron chi connectivity index (χ2n) is 3.91. The lowest BCUT2D eigenvalue weighted by Crippen LogP contribution is -2.13. The maximum atomic E-state index is 13.4. The van der Waals surface area contributed by atoms with E-state index in [2.05, 4.69) is 10.3 Å². The van der Waals surface area contributed by atoms with E-state index in [1.807, 2.05) is 0 Å². The summed E-state index contributed by atoms with van der Waals surface area (Å²) in [5.74, 6) is -0.874. The van der Waals surface area contributed by atoms with Crippen molar-refractivity contribution in [1.82, 2.24) is 4.98 Å². The molecule has 0 aliphatic rings. The van der Waals surface area contributed by atoms with Crippen LogP contribution in [0, 0.1) is 5.82 Å². The van der Waals surface area contributed by atoms with Crippen molar-refractivity contribution in [1.29, 1.82) is 0 Å². The fourth-order valence-electron chi connectivity index (χ4n) is 1.55. The van der Waals surface area contributed by atoms with E-state index in [9.17, 15) is 9.18 Å². The van der Waals surface area contributed by atoms with Gasteiger partial charge >= 0.3 is 0 Å². The summed E-state index contributed by atoms with van der Waals surface area (Å²) >= 11 is 0. The first-order valence-corrected chi connectivity index (χ1v) is 5.70. The number of carbonyl (C=O) groups is 1. The molecule has 0 saturated heterocycles. The number of amides is 1. The Labute approximate surface area is 110 Å². The number of nitrogens with zero attached hydrogens (tertiary/aromatic N) is 1. The Hall–Kier alpha value is -2.27. The third-order valence-corrected chi connectivity index (χ3v) is 2.50. The third kappa shape index (κ3) is 3.35. The highest BCUT2D eigenvalue weighted by Gasteiger charge is 2.09. The van der Waals surface area contributed by atoms with Crippen molar-refractivity contribution in [2.75, 3.05) is 12.4 Å². The summed E-state index contributed by atoms with van der Waals surface area (Å²) in [7, 11) is 1.57. The number of hydrogen-bond donors (Lipinski definition) is 1. The second-order valence-corrected chi connectivity index (χ2v) is 3.91. The van der Waals surface area contributed by atoms with Crippen LogP contribution in [0.3, 0.4) is 0 Å². The van der Waals surface area contributed by atoms with E-state index in [1.54, 1.807) is 31.4 Å². The average molecular weight is 260 g/mol. The molecule has 1 N–H and O–H groups in total. The molecule has 0 bridgehead atoms. The molecule has 0 fully saturated rings. The van der Waals surface area contributed by atoms with Gasteiger partial charge in [-0.25, -0.2) is 4.39 Å². The molecule has 1 heterocycles.